The Morgan fingerprint density at radius 1 is 1.02 bits per heavy atom. The van der Waals surface area contributed by atoms with E-state index in [1.165, 1.54) is 30.9 Å². The molecule has 2 aromatic heterocycles. The molecule has 0 spiro atoms. The Labute approximate surface area is 302 Å². The SMILES string of the molecule is Cc1cc2cn(C)nc2c(-c2c(F)cc3c(N4C[C@H]5CC[C@@H](C4)N5C(=O)OC(C)(C)C)nc(OC[C@@]45CCCN4C[C@H](F)C5)nc3c2F)c1C(F)(F)F. The van der Waals surface area contributed by atoms with E-state index in [4.69, 9.17) is 9.47 Å². The van der Waals surface area contributed by atoms with E-state index in [2.05, 4.69) is 15.1 Å². The number of carbonyl (C=O) groups excluding carboxylic acids is 1. The Kier molecular flexibility index (Phi) is 8.31. The van der Waals surface area contributed by atoms with Gasteiger partial charge in [-0.05, 0) is 77.6 Å². The zero-order chi connectivity index (χ0) is 37.8. The van der Waals surface area contributed by atoms with E-state index in [-0.39, 0.29) is 78.4 Å². The smallest absolute Gasteiger partial charge is 0.417 e. The molecule has 1 amide bonds. The number of aryl methyl sites for hydroxylation is 2. The van der Waals surface area contributed by atoms with Crippen molar-refractivity contribution in [3.8, 4) is 17.1 Å². The summed E-state index contributed by atoms with van der Waals surface area (Å²) in [6.45, 7) is 8.07. The average molecular weight is 746 g/mol. The Morgan fingerprint density at radius 3 is 2.42 bits per heavy atom. The van der Waals surface area contributed by atoms with Gasteiger partial charge in [0.05, 0.1) is 28.7 Å². The molecule has 4 saturated heterocycles. The predicted molar refractivity (Wildman–Crippen MR) is 185 cm³/mol. The molecule has 4 aliphatic rings. The second-order valence-electron chi connectivity index (χ2n) is 16.0. The van der Waals surface area contributed by atoms with Crippen LogP contribution in [0.15, 0.2) is 18.3 Å². The fourth-order valence-electron chi connectivity index (χ4n) is 9.07. The van der Waals surface area contributed by atoms with Crippen LogP contribution >= 0.6 is 0 Å². The van der Waals surface area contributed by atoms with Crippen molar-refractivity contribution in [2.45, 2.75) is 95.4 Å². The number of nitrogens with zero attached hydrogens (tertiary/aromatic N) is 7. The highest BCUT2D eigenvalue weighted by molar-refractivity contribution is 6.01. The molecule has 53 heavy (non-hydrogen) atoms. The maximum atomic E-state index is 17.1. The number of ether oxygens (including phenoxy) is 2. The maximum absolute atomic E-state index is 17.1. The van der Waals surface area contributed by atoms with E-state index in [0.29, 0.717) is 25.8 Å². The molecule has 284 valence electrons. The second-order valence-corrected chi connectivity index (χ2v) is 16.0. The van der Waals surface area contributed by atoms with E-state index >= 15 is 8.78 Å². The van der Waals surface area contributed by atoms with Gasteiger partial charge in [0.25, 0.3) is 0 Å². The van der Waals surface area contributed by atoms with Gasteiger partial charge in [-0.15, -0.1) is 0 Å². The van der Waals surface area contributed by atoms with Crippen LogP contribution in [-0.4, -0.2) is 97.8 Å². The normalized spacial score (nSPS) is 24.8. The maximum Gasteiger partial charge on any atom is 0.417 e. The minimum Gasteiger partial charge on any atom is -0.461 e. The van der Waals surface area contributed by atoms with Crippen molar-refractivity contribution in [2.75, 3.05) is 37.7 Å². The van der Waals surface area contributed by atoms with Crippen LogP contribution < -0.4 is 9.64 Å². The van der Waals surface area contributed by atoms with Crippen LogP contribution in [0.1, 0.15) is 64.0 Å². The van der Waals surface area contributed by atoms with Crippen molar-refractivity contribution in [1.82, 2.24) is 29.5 Å². The number of hydrogen-bond acceptors (Lipinski definition) is 8. The third-order valence-electron chi connectivity index (χ3n) is 11.1. The molecular weight excluding hydrogens is 704 g/mol. The van der Waals surface area contributed by atoms with Gasteiger partial charge in [-0.1, -0.05) is 0 Å². The Morgan fingerprint density at radius 2 is 1.74 bits per heavy atom. The summed E-state index contributed by atoms with van der Waals surface area (Å²) in [6.07, 6.45) is -1.87. The molecule has 0 aliphatic carbocycles. The summed E-state index contributed by atoms with van der Waals surface area (Å²) in [4.78, 5) is 27.8. The first-order valence-electron chi connectivity index (χ1n) is 17.9. The van der Waals surface area contributed by atoms with Crippen molar-refractivity contribution in [2.24, 2.45) is 7.05 Å². The number of fused-ring (bicyclic) bond motifs is 5. The highest BCUT2D eigenvalue weighted by Crippen LogP contribution is 2.47. The van der Waals surface area contributed by atoms with E-state index in [0.717, 1.165) is 12.5 Å². The Bertz CT molecular complexity index is 2120. The van der Waals surface area contributed by atoms with Gasteiger partial charge in [-0.25, -0.2) is 18.0 Å². The van der Waals surface area contributed by atoms with Crippen molar-refractivity contribution in [1.29, 1.82) is 0 Å². The molecule has 4 atom stereocenters. The fourth-order valence-corrected chi connectivity index (χ4v) is 9.07. The topological polar surface area (TPSA) is 88.9 Å². The number of amides is 1. The number of carbonyl (C=O) groups is 1. The highest BCUT2D eigenvalue weighted by Gasteiger charge is 2.50. The van der Waals surface area contributed by atoms with Crippen molar-refractivity contribution in [3.63, 3.8) is 0 Å². The zero-order valence-corrected chi connectivity index (χ0v) is 30.2. The summed E-state index contributed by atoms with van der Waals surface area (Å²) in [6, 6.07) is 1.40. The summed E-state index contributed by atoms with van der Waals surface area (Å²) in [5, 5.41) is 4.41. The van der Waals surface area contributed by atoms with E-state index < -0.39 is 63.4 Å². The van der Waals surface area contributed by atoms with Crippen molar-refractivity contribution < 1.29 is 40.6 Å². The molecule has 0 N–H and O–H groups in total. The van der Waals surface area contributed by atoms with Gasteiger partial charge in [0, 0.05) is 55.6 Å². The van der Waals surface area contributed by atoms with Crippen LogP contribution in [0.4, 0.5) is 37.0 Å². The van der Waals surface area contributed by atoms with Gasteiger partial charge >= 0.3 is 18.3 Å². The van der Waals surface area contributed by atoms with E-state index in [1.807, 2.05) is 9.80 Å². The minimum atomic E-state index is -4.97. The van der Waals surface area contributed by atoms with Gasteiger partial charge in [-0.3, -0.25) is 14.5 Å². The summed E-state index contributed by atoms with van der Waals surface area (Å²) in [5.74, 6) is -2.45. The largest absolute Gasteiger partial charge is 0.461 e. The first-order chi connectivity index (χ1) is 24.9. The summed E-state index contributed by atoms with van der Waals surface area (Å²) >= 11 is 0. The number of aromatic nitrogens is 4. The van der Waals surface area contributed by atoms with Crippen molar-refractivity contribution in [3.05, 3.63) is 41.1 Å². The first kappa shape index (κ1) is 35.7. The van der Waals surface area contributed by atoms with Crippen LogP contribution in [0.5, 0.6) is 6.01 Å². The molecular formula is C37H41F6N7O3. The van der Waals surface area contributed by atoms with Gasteiger partial charge in [0.2, 0.25) is 0 Å². The first-order valence-corrected chi connectivity index (χ1v) is 17.9. The molecule has 10 nitrogen and oxygen atoms in total. The van der Waals surface area contributed by atoms with Gasteiger partial charge < -0.3 is 14.4 Å². The predicted octanol–water partition coefficient (Wildman–Crippen LogP) is 7.33. The molecule has 4 aliphatic heterocycles. The number of piperazine rings is 1. The molecule has 4 aromatic rings. The lowest BCUT2D eigenvalue weighted by molar-refractivity contribution is -0.137. The molecule has 0 unspecified atom stereocenters. The summed E-state index contributed by atoms with van der Waals surface area (Å²) in [5.41, 5.74) is -5.03. The number of anilines is 1. The average Bonchev–Trinajstić information content (AvgIpc) is 3.77. The summed E-state index contributed by atoms with van der Waals surface area (Å²) < 4.78 is 106. The van der Waals surface area contributed by atoms with Crippen LogP contribution in [0.3, 0.4) is 0 Å². The zero-order valence-electron chi connectivity index (χ0n) is 30.2. The van der Waals surface area contributed by atoms with Crippen LogP contribution in [0.25, 0.3) is 32.9 Å². The van der Waals surface area contributed by atoms with Gasteiger partial charge in [0.1, 0.15) is 41.0 Å². The molecule has 16 heteroatoms. The van der Waals surface area contributed by atoms with Crippen molar-refractivity contribution >= 4 is 33.7 Å². The molecule has 4 fully saturated rings. The minimum absolute atomic E-state index is 0.0103. The quantitative estimate of drug-likeness (QED) is 0.196. The lowest BCUT2D eigenvalue weighted by Gasteiger charge is -2.42. The molecule has 2 bridgehead atoms. The van der Waals surface area contributed by atoms with E-state index in [9.17, 15) is 22.4 Å². The number of alkyl halides is 4. The third-order valence-corrected chi connectivity index (χ3v) is 11.1. The lowest BCUT2D eigenvalue weighted by atomic mass is 9.91. The van der Waals surface area contributed by atoms with Gasteiger partial charge in [0.15, 0.2) is 5.82 Å². The third kappa shape index (κ3) is 6.10. The number of hydrogen-bond donors (Lipinski definition) is 0. The highest BCUT2D eigenvalue weighted by atomic mass is 19.4. The lowest BCUT2D eigenvalue weighted by Crippen LogP contribution is -2.57. The molecule has 2 aromatic carbocycles. The Hall–Kier alpha value is -4.34. The monoisotopic (exact) mass is 745 g/mol. The number of rotatable bonds is 5. The molecule has 6 heterocycles. The molecule has 0 radical (unpaired) electrons. The molecule has 8 rings (SSSR count). The van der Waals surface area contributed by atoms with E-state index in [1.54, 1.807) is 25.7 Å². The Balaban J connectivity index is 1.27. The fraction of sp³-hybridized carbons (Fsp3) is 0.568. The number of halogens is 6. The summed E-state index contributed by atoms with van der Waals surface area (Å²) in [7, 11) is 1.51. The van der Waals surface area contributed by atoms with Crippen LogP contribution in [-0.2, 0) is 18.0 Å². The standard InChI is InChI=1S/C37H41F6N7O3/c1-19-11-20-14-47(5)46-30(20)27(28(19)37(41,42)43)26-25(39)12-24-31(29(26)40)44-33(52-18-36-9-6-10-49(36)15-21(38)13-36)45-32(24)48-16-22-7-8-23(17-48)50(22)34(51)53-35(2,3)4/h11-12,14,21-23H,6-10,13,15-18H2,1-5H3/t21-,22-,23+,36+/m1/s1. The van der Waals surface area contributed by atoms with Gasteiger partial charge in [-0.2, -0.15) is 28.2 Å². The molecule has 0 saturated carbocycles. The number of benzene rings is 2. The van der Waals surface area contributed by atoms with Crippen LogP contribution in [0.2, 0.25) is 0 Å². The van der Waals surface area contributed by atoms with Crippen LogP contribution in [0, 0.1) is 18.6 Å². The second kappa shape index (κ2) is 12.4.